The molecular weight excluding hydrogens is 386 g/mol. The predicted molar refractivity (Wildman–Crippen MR) is 132 cm³/mol. The van der Waals surface area contributed by atoms with E-state index < -0.39 is 0 Å². The molecule has 1 spiro atoms. The predicted octanol–water partition coefficient (Wildman–Crippen LogP) is 7.66. The van der Waals surface area contributed by atoms with E-state index in [4.69, 9.17) is 0 Å². The third-order valence-electron chi connectivity index (χ3n) is 7.62. The smallest absolute Gasteiger partial charge is 0.0732 e. The number of fused-ring (bicyclic) bond motifs is 14. The molecule has 1 nitrogen and oxygen atoms in total. The van der Waals surface area contributed by atoms with Crippen molar-refractivity contribution in [3.8, 4) is 22.3 Å². The van der Waals surface area contributed by atoms with Crippen molar-refractivity contribution in [1.29, 1.82) is 0 Å². The molecule has 0 atom stereocenters. The standard InChI is InChI=1S/C31H19N/c1-5-13-24-19(9-1)20-10-2-6-14-25(20)31(24)26-15-7-3-11-21(26)22-17-18-28-29(30(22)31)23-12-4-8-16-27(23)32-28/h1-18,32H. The number of benzene rings is 5. The van der Waals surface area contributed by atoms with Crippen LogP contribution in [0.1, 0.15) is 22.3 Å². The quantitative estimate of drug-likeness (QED) is 0.266. The van der Waals surface area contributed by atoms with Crippen LogP contribution in [0, 0.1) is 0 Å². The second kappa shape index (κ2) is 5.57. The molecule has 2 aliphatic carbocycles. The first-order valence-corrected chi connectivity index (χ1v) is 11.2. The number of H-pyrrole nitrogens is 1. The van der Waals surface area contributed by atoms with Gasteiger partial charge in [0.2, 0.25) is 0 Å². The van der Waals surface area contributed by atoms with Crippen molar-refractivity contribution in [3.63, 3.8) is 0 Å². The average Bonchev–Trinajstić information content (AvgIpc) is 3.48. The summed E-state index contributed by atoms with van der Waals surface area (Å²) in [6.07, 6.45) is 0. The Bertz CT molecular complexity index is 1670. The molecule has 0 bridgehead atoms. The SMILES string of the molecule is c1ccc2c(c1)-c1ccccc1C21c2ccccc2-c2ccc3[nH]c4ccccc4c3c21. The molecule has 0 saturated heterocycles. The zero-order chi connectivity index (χ0) is 20.9. The lowest BCUT2D eigenvalue weighted by Crippen LogP contribution is -2.26. The van der Waals surface area contributed by atoms with Crippen LogP contribution in [0.25, 0.3) is 44.1 Å². The lowest BCUT2D eigenvalue weighted by molar-refractivity contribution is 0.802. The van der Waals surface area contributed by atoms with E-state index >= 15 is 0 Å². The van der Waals surface area contributed by atoms with Crippen LogP contribution in [0.5, 0.6) is 0 Å². The Balaban J connectivity index is 1.69. The number of para-hydroxylation sites is 1. The molecule has 1 aromatic heterocycles. The zero-order valence-electron chi connectivity index (χ0n) is 17.4. The van der Waals surface area contributed by atoms with Crippen LogP contribution >= 0.6 is 0 Å². The minimum absolute atomic E-state index is 0.302. The molecule has 1 N–H and O–H groups in total. The molecule has 0 aliphatic heterocycles. The Labute approximate surface area is 186 Å². The summed E-state index contributed by atoms with van der Waals surface area (Å²) in [6.45, 7) is 0. The van der Waals surface area contributed by atoms with Crippen LogP contribution < -0.4 is 0 Å². The highest BCUT2D eigenvalue weighted by Gasteiger charge is 2.52. The Morgan fingerprint density at radius 1 is 0.438 bits per heavy atom. The summed E-state index contributed by atoms with van der Waals surface area (Å²) >= 11 is 0. The zero-order valence-corrected chi connectivity index (χ0v) is 17.4. The summed E-state index contributed by atoms with van der Waals surface area (Å²) in [4.78, 5) is 3.69. The van der Waals surface area contributed by atoms with Crippen molar-refractivity contribution in [2.24, 2.45) is 0 Å². The van der Waals surface area contributed by atoms with E-state index in [-0.39, 0.29) is 5.41 Å². The van der Waals surface area contributed by atoms with Crippen LogP contribution in [0.3, 0.4) is 0 Å². The van der Waals surface area contributed by atoms with E-state index in [9.17, 15) is 0 Å². The second-order valence-electron chi connectivity index (χ2n) is 8.97. The number of hydrogen-bond donors (Lipinski definition) is 1. The summed E-state index contributed by atoms with van der Waals surface area (Å²) in [6, 6.07) is 40.3. The molecule has 148 valence electrons. The molecule has 1 heteroatoms. The molecule has 6 aromatic rings. The van der Waals surface area contributed by atoms with Crippen LogP contribution in [0.4, 0.5) is 0 Å². The van der Waals surface area contributed by atoms with Crippen LogP contribution in [0.2, 0.25) is 0 Å². The van der Waals surface area contributed by atoms with Gasteiger partial charge < -0.3 is 4.98 Å². The largest absolute Gasteiger partial charge is 0.355 e. The summed E-state index contributed by atoms with van der Waals surface area (Å²) in [5.74, 6) is 0. The van der Waals surface area contributed by atoms with Crippen molar-refractivity contribution < 1.29 is 0 Å². The first kappa shape index (κ1) is 16.6. The van der Waals surface area contributed by atoms with Crippen molar-refractivity contribution in [2.45, 2.75) is 5.41 Å². The Kier molecular flexibility index (Phi) is 2.89. The van der Waals surface area contributed by atoms with Crippen molar-refractivity contribution in [3.05, 3.63) is 131 Å². The normalized spacial score (nSPS) is 14.5. The summed E-state index contributed by atoms with van der Waals surface area (Å²) in [5, 5.41) is 2.65. The summed E-state index contributed by atoms with van der Waals surface area (Å²) < 4.78 is 0. The van der Waals surface area contributed by atoms with Gasteiger partial charge in [0.05, 0.1) is 5.41 Å². The molecule has 0 unspecified atom stereocenters. The van der Waals surface area contributed by atoms with E-state index in [0.29, 0.717) is 0 Å². The molecule has 8 rings (SSSR count). The van der Waals surface area contributed by atoms with Gasteiger partial charge in [-0.2, -0.15) is 0 Å². The van der Waals surface area contributed by atoms with Gasteiger partial charge in [0.1, 0.15) is 0 Å². The summed E-state index contributed by atoms with van der Waals surface area (Å²) in [5.41, 5.74) is 13.1. The van der Waals surface area contributed by atoms with Crippen LogP contribution in [-0.4, -0.2) is 4.98 Å². The van der Waals surface area contributed by atoms with Gasteiger partial charge in [-0.25, -0.2) is 0 Å². The number of nitrogens with one attached hydrogen (secondary N) is 1. The fraction of sp³-hybridized carbons (Fsp3) is 0.0323. The Morgan fingerprint density at radius 3 is 1.62 bits per heavy atom. The fourth-order valence-corrected chi connectivity index (χ4v) is 6.53. The van der Waals surface area contributed by atoms with E-state index in [1.54, 1.807) is 0 Å². The molecule has 0 fully saturated rings. The van der Waals surface area contributed by atoms with Crippen LogP contribution in [-0.2, 0) is 5.41 Å². The third kappa shape index (κ3) is 1.71. The lowest BCUT2D eigenvalue weighted by Gasteiger charge is -2.31. The molecular formula is C31H19N. The van der Waals surface area contributed by atoms with E-state index in [0.717, 1.165) is 0 Å². The topological polar surface area (TPSA) is 15.8 Å². The van der Waals surface area contributed by atoms with Gasteiger partial charge in [-0.05, 0) is 56.6 Å². The van der Waals surface area contributed by atoms with E-state index in [1.165, 1.54) is 66.3 Å². The van der Waals surface area contributed by atoms with E-state index in [1.807, 2.05) is 0 Å². The minimum atomic E-state index is -0.302. The maximum atomic E-state index is 3.69. The third-order valence-corrected chi connectivity index (χ3v) is 7.62. The fourth-order valence-electron chi connectivity index (χ4n) is 6.53. The van der Waals surface area contributed by atoms with E-state index in [2.05, 4.69) is 114 Å². The maximum absolute atomic E-state index is 3.69. The van der Waals surface area contributed by atoms with Crippen molar-refractivity contribution in [2.75, 3.05) is 0 Å². The Hall–Kier alpha value is -4.10. The van der Waals surface area contributed by atoms with Gasteiger partial charge in [-0.1, -0.05) is 97.1 Å². The van der Waals surface area contributed by atoms with Crippen molar-refractivity contribution in [1.82, 2.24) is 4.98 Å². The van der Waals surface area contributed by atoms with Gasteiger partial charge >= 0.3 is 0 Å². The van der Waals surface area contributed by atoms with Crippen LogP contribution in [0.15, 0.2) is 109 Å². The first-order chi connectivity index (χ1) is 15.9. The van der Waals surface area contributed by atoms with Gasteiger partial charge in [0.25, 0.3) is 0 Å². The van der Waals surface area contributed by atoms with Gasteiger partial charge in [-0.3, -0.25) is 0 Å². The average molecular weight is 406 g/mol. The monoisotopic (exact) mass is 405 g/mol. The molecule has 0 radical (unpaired) electrons. The maximum Gasteiger partial charge on any atom is 0.0732 e. The first-order valence-electron chi connectivity index (χ1n) is 11.2. The number of rotatable bonds is 0. The minimum Gasteiger partial charge on any atom is -0.355 e. The molecule has 5 aromatic carbocycles. The van der Waals surface area contributed by atoms with Gasteiger partial charge in [0.15, 0.2) is 0 Å². The highest BCUT2D eigenvalue weighted by molar-refractivity contribution is 6.14. The van der Waals surface area contributed by atoms with Gasteiger partial charge in [0, 0.05) is 21.8 Å². The number of aromatic nitrogens is 1. The lowest BCUT2D eigenvalue weighted by atomic mass is 9.69. The Morgan fingerprint density at radius 2 is 0.969 bits per heavy atom. The second-order valence-corrected chi connectivity index (χ2v) is 8.97. The highest BCUT2D eigenvalue weighted by atomic mass is 14.7. The molecule has 0 saturated carbocycles. The van der Waals surface area contributed by atoms with Crippen molar-refractivity contribution >= 4 is 21.8 Å². The molecule has 1 heterocycles. The number of aromatic amines is 1. The van der Waals surface area contributed by atoms with Gasteiger partial charge in [-0.15, -0.1) is 0 Å². The molecule has 0 amide bonds. The highest BCUT2D eigenvalue weighted by Crippen LogP contribution is 2.64. The molecule has 2 aliphatic rings. The summed E-state index contributed by atoms with van der Waals surface area (Å²) in [7, 11) is 0. The molecule has 32 heavy (non-hydrogen) atoms. The number of hydrogen-bond acceptors (Lipinski definition) is 0.